The molecule has 2 N–H and O–H groups in total. The second-order valence-electron chi connectivity index (χ2n) is 5.86. The van der Waals surface area contributed by atoms with E-state index in [0.29, 0.717) is 12.1 Å². The molecule has 0 radical (unpaired) electrons. The quantitative estimate of drug-likeness (QED) is 0.873. The smallest absolute Gasteiger partial charge is 0.0502 e. The third-order valence-corrected chi connectivity index (χ3v) is 4.84. The summed E-state index contributed by atoms with van der Waals surface area (Å²) in [6, 6.07) is 9.43. The molecule has 1 aromatic rings. The molecule has 0 saturated carbocycles. The minimum Gasteiger partial charge on any atom is -0.326 e. The Kier molecular flexibility index (Phi) is 5.88. The van der Waals surface area contributed by atoms with Gasteiger partial charge < -0.3 is 5.73 Å². The highest BCUT2D eigenvalue weighted by atomic mass is 35.5. The molecule has 1 aliphatic heterocycles. The third kappa shape index (κ3) is 3.55. The van der Waals surface area contributed by atoms with Crippen molar-refractivity contribution in [2.45, 2.75) is 64.1 Å². The van der Waals surface area contributed by atoms with Gasteiger partial charge in [-0.2, -0.15) is 0 Å². The van der Waals surface area contributed by atoms with Crippen molar-refractivity contribution in [1.82, 2.24) is 4.90 Å². The summed E-state index contributed by atoms with van der Waals surface area (Å²) in [7, 11) is 0. The van der Waals surface area contributed by atoms with E-state index in [1.807, 2.05) is 12.1 Å². The molecule has 3 unspecified atom stereocenters. The van der Waals surface area contributed by atoms with Crippen LogP contribution in [0.3, 0.4) is 0 Å². The average Bonchev–Trinajstić information content (AvgIpc) is 2.49. The van der Waals surface area contributed by atoms with E-state index in [9.17, 15) is 0 Å². The summed E-state index contributed by atoms with van der Waals surface area (Å²) in [5, 5.41) is 0.795. The standard InChI is InChI=1S/C17H27ClN2/c1-3-15-7-5-6-12-20(15)17(16(19)4-2)13-8-10-14(18)11-9-13/h8-11,15-17H,3-7,12,19H2,1-2H3. The maximum atomic E-state index is 6.46. The van der Waals surface area contributed by atoms with Gasteiger partial charge in [0.05, 0.1) is 6.04 Å². The fourth-order valence-electron chi connectivity index (χ4n) is 3.40. The normalized spacial score (nSPS) is 23.5. The van der Waals surface area contributed by atoms with Crippen LogP contribution in [-0.4, -0.2) is 23.5 Å². The monoisotopic (exact) mass is 294 g/mol. The largest absolute Gasteiger partial charge is 0.326 e. The lowest BCUT2D eigenvalue weighted by Crippen LogP contribution is -2.48. The van der Waals surface area contributed by atoms with Crippen molar-refractivity contribution in [3.05, 3.63) is 34.9 Å². The molecule has 1 heterocycles. The van der Waals surface area contributed by atoms with Crippen LogP contribution in [0.15, 0.2) is 24.3 Å². The van der Waals surface area contributed by atoms with Gasteiger partial charge in [0.1, 0.15) is 0 Å². The van der Waals surface area contributed by atoms with Gasteiger partial charge in [0.25, 0.3) is 0 Å². The van der Waals surface area contributed by atoms with E-state index >= 15 is 0 Å². The molecule has 20 heavy (non-hydrogen) atoms. The average molecular weight is 295 g/mol. The number of likely N-dealkylation sites (tertiary alicyclic amines) is 1. The second-order valence-corrected chi connectivity index (χ2v) is 6.30. The van der Waals surface area contributed by atoms with E-state index in [2.05, 4.69) is 30.9 Å². The highest BCUT2D eigenvalue weighted by Crippen LogP contribution is 2.33. The van der Waals surface area contributed by atoms with E-state index in [-0.39, 0.29) is 6.04 Å². The first-order valence-electron chi connectivity index (χ1n) is 7.94. The van der Waals surface area contributed by atoms with Gasteiger partial charge in [0.2, 0.25) is 0 Å². The lowest BCUT2D eigenvalue weighted by molar-refractivity contribution is 0.0758. The van der Waals surface area contributed by atoms with Crippen molar-refractivity contribution in [2.75, 3.05) is 6.54 Å². The molecule has 2 nitrogen and oxygen atoms in total. The molecule has 2 rings (SSSR count). The van der Waals surface area contributed by atoms with Gasteiger partial charge in [-0.15, -0.1) is 0 Å². The fourth-order valence-corrected chi connectivity index (χ4v) is 3.52. The molecule has 3 atom stereocenters. The van der Waals surface area contributed by atoms with Crippen molar-refractivity contribution in [3.8, 4) is 0 Å². The molecule has 1 saturated heterocycles. The van der Waals surface area contributed by atoms with Gasteiger partial charge >= 0.3 is 0 Å². The summed E-state index contributed by atoms with van der Waals surface area (Å²) >= 11 is 6.03. The van der Waals surface area contributed by atoms with Gasteiger partial charge in [-0.05, 0) is 49.9 Å². The molecule has 1 aliphatic rings. The van der Waals surface area contributed by atoms with Crippen LogP contribution in [0.25, 0.3) is 0 Å². The highest BCUT2D eigenvalue weighted by Gasteiger charge is 2.31. The summed E-state index contributed by atoms with van der Waals surface area (Å²) in [4.78, 5) is 2.64. The van der Waals surface area contributed by atoms with Crippen molar-refractivity contribution in [1.29, 1.82) is 0 Å². The SMILES string of the molecule is CCC(N)C(c1ccc(Cl)cc1)N1CCCCC1CC. The van der Waals surface area contributed by atoms with Gasteiger partial charge in [-0.25, -0.2) is 0 Å². The minimum absolute atomic E-state index is 0.184. The Morgan fingerprint density at radius 3 is 2.55 bits per heavy atom. The van der Waals surface area contributed by atoms with Crippen LogP contribution in [0, 0.1) is 0 Å². The Balaban J connectivity index is 2.28. The molecule has 0 aliphatic carbocycles. The zero-order chi connectivity index (χ0) is 14.5. The lowest BCUT2D eigenvalue weighted by Gasteiger charge is -2.43. The summed E-state index contributed by atoms with van der Waals surface area (Å²) in [5.74, 6) is 0. The Hall–Kier alpha value is -0.570. The maximum Gasteiger partial charge on any atom is 0.0502 e. The predicted molar refractivity (Wildman–Crippen MR) is 87.1 cm³/mol. The van der Waals surface area contributed by atoms with Crippen LogP contribution in [-0.2, 0) is 0 Å². The Morgan fingerprint density at radius 2 is 1.95 bits per heavy atom. The molecular formula is C17H27ClN2. The highest BCUT2D eigenvalue weighted by molar-refractivity contribution is 6.30. The Morgan fingerprint density at radius 1 is 1.25 bits per heavy atom. The van der Waals surface area contributed by atoms with E-state index < -0.39 is 0 Å². The zero-order valence-corrected chi connectivity index (χ0v) is 13.4. The first-order chi connectivity index (χ1) is 9.67. The van der Waals surface area contributed by atoms with Crippen LogP contribution in [0.4, 0.5) is 0 Å². The minimum atomic E-state index is 0.184. The van der Waals surface area contributed by atoms with Crippen LogP contribution < -0.4 is 5.73 Å². The number of piperidine rings is 1. The molecular weight excluding hydrogens is 268 g/mol. The van der Waals surface area contributed by atoms with E-state index in [0.717, 1.165) is 11.4 Å². The van der Waals surface area contributed by atoms with E-state index in [1.165, 1.54) is 37.8 Å². The number of benzene rings is 1. The number of nitrogens with zero attached hydrogens (tertiary/aromatic N) is 1. The van der Waals surface area contributed by atoms with E-state index in [4.69, 9.17) is 17.3 Å². The van der Waals surface area contributed by atoms with E-state index in [1.54, 1.807) is 0 Å². The topological polar surface area (TPSA) is 29.3 Å². The fraction of sp³-hybridized carbons (Fsp3) is 0.647. The third-order valence-electron chi connectivity index (χ3n) is 4.59. The molecule has 1 fully saturated rings. The van der Waals surface area contributed by atoms with Crippen molar-refractivity contribution in [2.24, 2.45) is 5.73 Å². The van der Waals surface area contributed by atoms with Gasteiger partial charge in [-0.3, -0.25) is 4.90 Å². The van der Waals surface area contributed by atoms with Crippen molar-refractivity contribution in [3.63, 3.8) is 0 Å². The van der Waals surface area contributed by atoms with Crippen molar-refractivity contribution >= 4 is 11.6 Å². The predicted octanol–water partition coefficient (Wildman–Crippen LogP) is 4.38. The Labute approximate surface area is 128 Å². The molecule has 112 valence electrons. The van der Waals surface area contributed by atoms with Gasteiger partial charge in [0, 0.05) is 17.1 Å². The number of nitrogens with two attached hydrogens (primary N) is 1. The first-order valence-corrected chi connectivity index (χ1v) is 8.32. The summed E-state index contributed by atoms with van der Waals surface area (Å²) in [6.45, 7) is 5.64. The second kappa shape index (κ2) is 7.44. The first kappa shape index (κ1) is 15.8. The Bertz CT molecular complexity index is 404. The van der Waals surface area contributed by atoms with Crippen LogP contribution in [0.5, 0.6) is 0 Å². The summed E-state index contributed by atoms with van der Waals surface area (Å²) in [5.41, 5.74) is 7.77. The number of rotatable bonds is 5. The molecule has 3 heteroatoms. The van der Waals surface area contributed by atoms with Crippen molar-refractivity contribution < 1.29 is 0 Å². The summed E-state index contributed by atoms with van der Waals surface area (Å²) in [6.07, 6.45) is 6.15. The molecule has 0 spiro atoms. The zero-order valence-electron chi connectivity index (χ0n) is 12.7. The van der Waals surface area contributed by atoms with Crippen LogP contribution >= 0.6 is 11.6 Å². The molecule has 0 amide bonds. The van der Waals surface area contributed by atoms with Gasteiger partial charge in [0.15, 0.2) is 0 Å². The maximum absolute atomic E-state index is 6.46. The lowest BCUT2D eigenvalue weighted by atomic mass is 9.90. The van der Waals surface area contributed by atoms with Gasteiger partial charge in [-0.1, -0.05) is 44.0 Å². The van der Waals surface area contributed by atoms with Crippen LogP contribution in [0.2, 0.25) is 5.02 Å². The van der Waals surface area contributed by atoms with Crippen LogP contribution in [0.1, 0.15) is 57.6 Å². The molecule has 1 aromatic carbocycles. The number of hydrogen-bond acceptors (Lipinski definition) is 2. The molecule has 0 bridgehead atoms. The molecule has 0 aromatic heterocycles. The summed E-state index contributed by atoms with van der Waals surface area (Å²) < 4.78 is 0. The number of halogens is 1. The number of hydrogen-bond donors (Lipinski definition) is 1.